The van der Waals surface area contributed by atoms with Gasteiger partial charge in [0.25, 0.3) is 0 Å². The lowest BCUT2D eigenvalue weighted by Gasteiger charge is -2.31. The second-order valence-electron chi connectivity index (χ2n) is 9.26. The first kappa shape index (κ1) is 20.1. The van der Waals surface area contributed by atoms with Crippen LogP contribution in [0.2, 0.25) is 0 Å². The molecule has 1 atom stereocenters. The highest BCUT2D eigenvalue weighted by atomic mass is 16.6. The van der Waals surface area contributed by atoms with Crippen molar-refractivity contribution in [3.05, 3.63) is 11.6 Å². The minimum Gasteiger partial charge on any atom is -0.444 e. The van der Waals surface area contributed by atoms with E-state index in [0.29, 0.717) is 26.2 Å². The normalized spacial score (nSPS) is 22.8. The Balaban J connectivity index is 1.44. The number of carbonyl (C=O) groups excluding carboxylic acids is 2. The van der Waals surface area contributed by atoms with Gasteiger partial charge in [0.1, 0.15) is 5.60 Å². The summed E-state index contributed by atoms with van der Waals surface area (Å²) in [7, 11) is 0. The summed E-state index contributed by atoms with van der Waals surface area (Å²) in [5, 5.41) is 8.78. The van der Waals surface area contributed by atoms with Crippen molar-refractivity contribution in [1.82, 2.24) is 29.5 Å². The van der Waals surface area contributed by atoms with Crippen LogP contribution >= 0.6 is 0 Å². The Hall–Kier alpha value is -2.16. The summed E-state index contributed by atoms with van der Waals surface area (Å²) in [4.78, 5) is 31.2. The van der Waals surface area contributed by atoms with Crippen molar-refractivity contribution in [1.29, 1.82) is 0 Å². The first-order valence-corrected chi connectivity index (χ1v) is 10.7. The number of amides is 2. The molecule has 29 heavy (non-hydrogen) atoms. The molecule has 3 aliphatic rings. The number of nitrogens with zero attached hydrogens (tertiary/aromatic N) is 6. The van der Waals surface area contributed by atoms with Gasteiger partial charge in [0, 0.05) is 19.6 Å². The Morgan fingerprint density at radius 2 is 1.79 bits per heavy atom. The number of hydrogen-bond donors (Lipinski definition) is 0. The number of carbonyl (C=O) groups is 2. The summed E-state index contributed by atoms with van der Waals surface area (Å²) < 4.78 is 7.57. The van der Waals surface area contributed by atoms with E-state index in [2.05, 4.69) is 19.7 Å². The Kier molecular flexibility index (Phi) is 5.50. The van der Waals surface area contributed by atoms with Gasteiger partial charge < -0.3 is 14.2 Å². The molecule has 9 nitrogen and oxygen atoms in total. The fourth-order valence-electron chi connectivity index (χ4n) is 4.47. The van der Waals surface area contributed by atoms with Crippen molar-refractivity contribution in [2.75, 3.05) is 32.7 Å². The lowest BCUT2D eigenvalue weighted by atomic mass is 10.2. The summed E-state index contributed by atoms with van der Waals surface area (Å²) in [6.07, 6.45) is 3.95. The fourth-order valence-corrected chi connectivity index (χ4v) is 4.47. The molecule has 0 unspecified atom stereocenters. The minimum absolute atomic E-state index is 0.0144. The van der Waals surface area contributed by atoms with E-state index < -0.39 is 5.60 Å². The topological polar surface area (TPSA) is 83.8 Å². The monoisotopic (exact) mass is 404 g/mol. The molecule has 0 spiro atoms. The number of ether oxygens (including phenoxy) is 1. The third kappa shape index (κ3) is 4.39. The molecule has 4 rings (SSSR count). The Morgan fingerprint density at radius 3 is 2.52 bits per heavy atom. The average Bonchev–Trinajstić information content (AvgIpc) is 3.39. The molecule has 1 aromatic heterocycles. The molecule has 1 aromatic rings. The summed E-state index contributed by atoms with van der Waals surface area (Å²) in [6, 6.07) is -0.0144. The van der Waals surface area contributed by atoms with Crippen LogP contribution in [0.1, 0.15) is 64.1 Å². The van der Waals surface area contributed by atoms with Gasteiger partial charge in [-0.3, -0.25) is 14.6 Å². The van der Waals surface area contributed by atoms with E-state index in [9.17, 15) is 9.59 Å². The zero-order valence-electron chi connectivity index (χ0n) is 17.8. The van der Waals surface area contributed by atoms with E-state index in [0.717, 1.165) is 44.1 Å². The zero-order valence-corrected chi connectivity index (χ0v) is 17.8. The Labute approximate surface area is 172 Å². The molecule has 2 saturated heterocycles. The predicted molar refractivity (Wildman–Crippen MR) is 106 cm³/mol. The third-order valence-corrected chi connectivity index (χ3v) is 5.86. The third-order valence-electron chi connectivity index (χ3n) is 5.86. The van der Waals surface area contributed by atoms with E-state index in [4.69, 9.17) is 4.74 Å². The smallest absolute Gasteiger partial charge is 0.410 e. The van der Waals surface area contributed by atoms with Gasteiger partial charge in [-0.25, -0.2) is 4.79 Å². The maximum Gasteiger partial charge on any atom is 0.410 e. The van der Waals surface area contributed by atoms with Crippen LogP contribution < -0.4 is 0 Å². The van der Waals surface area contributed by atoms with Gasteiger partial charge >= 0.3 is 6.09 Å². The van der Waals surface area contributed by atoms with E-state index in [-0.39, 0.29) is 18.0 Å². The van der Waals surface area contributed by atoms with Gasteiger partial charge in [-0.15, -0.1) is 10.2 Å². The van der Waals surface area contributed by atoms with Crippen LogP contribution in [0.4, 0.5) is 4.79 Å². The van der Waals surface area contributed by atoms with Gasteiger partial charge in [0.05, 0.1) is 19.1 Å². The first-order valence-electron chi connectivity index (χ1n) is 10.7. The van der Waals surface area contributed by atoms with Crippen molar-refractivity contribution in [2.24, 2.45) is 0 Å². The number of hydrogen-bond acceptors (Lipinski definition) is 6. The molecule has 160 valence electrons. The fraction of sp³-hybridized carbons (Fsp3) is 0.800. The number of aromatic nitrogens is 3. The van der Waals surface area contributed by atoms with E-state index in [1.54, 1.807) is 4.90 Å². The highest BCUT2D eigenvalue weighted by Crippen LogP contribution is 2.32. The van der Waals surface area contributed by atoms with Crippen LogP contribution in [-0.2, 0) is 22.6 Å². The van der Waals surface area contributed by atoms with Gasteiger partial charge in [0.2, 0.25) is 5.91 Å². The summed E-state index contributed by atoms with van der Waals surface area (Å²) in [5.74, 6) is 1.81. The summed E-state index contributed by atoms with van der Waals surface area (Å²) in [6.45, 7) is 10.5. The van der Waals surface area contributed by atoms with E-state index in [1.165, 1.54) is 12.8 Å². The molecule has 0 N–H and O–H groups in total. The van der Waals surface area contributed by atoms with E-state index in [1.807, 2.05) is 25.7 Å². The molecular formula is C20H32N6O3. The largest absolute Gasteiger partial charge is 0.444 e. The molecule has 0 radical (unpaired) electrons. The van der Waals surface area contributed by atoms with Gasteiger partial charge in [-0.1, -0.05) is 0 Å². The molecule has 9 heteroatoms. The molecule has 3 aliphatic heterocycles. The number of fused-ring (bicyclic) bond motifs is 1. The molecule has 0 aromatic carbocycles. The quantitative estimate of drug-likeness (QED) is 0.764. The van der Waals surface area contributed by atoms with Crippen molar-refractivity contribution in [3.63, 3.8) is 0 Å². The van der Waals surface area contributed by atoms with Crippen LogP contribution in [-0.4, -0.2) is 79.8 Å². The molecule has 0 saturated carbocycles. The summed E-state index contributed by atoms with van der Waals surface area (Å²) >= 11 is 0. The van der Waals surface area contributed by atoms with Gasteiger partial charge in [-0.2, -0.15) is 0 Å². The lowest BCUT2D eigenvalue weighted by Crippen LogP contribution is -2.43. The van der Waals surface area contributed by atoms with Crippen LogP contribution in [0, 0.1) is 0 Å². The zero-order chi connectivity index (χ0) is 20.6. The number of rotatable bonds is 3. The van der Waals surface area contributed by atoms with Gasteiger partial charge in [-0.05, 0) is 59.5 Å². The van der Waals surface area contributed by atoms with Crippen molar-refractivity contribution in [2.45, 2.75) is 71.2 Å². The molecule has 0 aliphatic carbocycles. The Bertz CT molecular complexity index is 765. The highest BCUT2D eigenvalue weighted by molar-refractivity contribution is 5.79. The molecule has 2 amide bonds. The van der Waals surface area contributed by atoms with Gasteiger partial charge in [0.15, 0.2) is 11.6 Å². The molecule has 0 bridgehead atoms. The number of likely N-dealkylation sites (tertiary alicyclic amines) is 2. The van der Waals surface area contributed by atoms with Crippen LogP contribution in [0.3, 0.4) is 0 Å². The molecule has 2 fully saturated rings. The highest BCUT2D eigenvalue weighted by Gasteiger charge is 2.36. The predicted octanol–water partition coefficient (Wildman–Crippen LogP) is 1.79. The van der Waals surface area contributed by atoms with Crippen molar-refractivity contribution in [3.8, 4) is 0 Å². The van der Waals surface area contributed by atoms with Crippen molar-refractivity contribution < 1.29 is 14.3 Å². The SMILES string of the molecule is CC(C)(C)OC(=O)N1CCn2c(nnc2[C@H]2CCCN2C(=O)CN2CCCC2)C1. The first-order chi connectivity index (χ1) is 13.8. The Morgan fingerprint density at radius 1 is 1.03 bits per heavy atom. The minimum atomic E-state index is -0.520. The second kappa shape index (κ2) is 7.93. The maximum atomic E-state index is 12.9. The van der Waals surface area contributed by atoms with Crippen LogP contribution in [0.5, 0.6) is 0 Å². The second-order valence-corrected chi connectivity index (χ2v) is 9.26. The van der Waals surface area contributed by atoms with Crippen LogP contribution in [0.25, 0.3) is 0 Å². The lowest BCUT2D eigenvalue weighted by molar-refractivity contribution is -0.133. The van der Waals surface area contributed by atoms with Crippen molar-refractivity contribution >= 4 is 12.0 Å². The molecular weight excluding hydrogens is 372 g/mol. The van der Waals surface area contributed by atoms with E-state index >= 15 is 0 Å². The maximum absolute atomic E-state index is 12.9. The van der Waals surface area contributed by atoms with Crippen LogP contribution in [0.15, 0.2) is 0 Å². The summed E-state index contributed by atoms with van der Waals surface area (Å²) in [5.41, 5.74) is -0.520. The standard InChI is InChI=1S/C20H32N6O3/c1-20(2,3)29-19(28)24-11-12-26-16(13-24)21-22-18(26)15-7-6-10-25(15)17(27)14-23-8-4-5-9-23/h15H,4-14H2,1-3H3/t15-/m1/s1. The average molecular weight is 405 g/mol. The molecule has 4 heterocycles.